The zero-order valence-corrected chi connectivity index (χ0v) is 16.4. The van der Waals surface area contributed by atoms with Crippen molar-refractivity contribution >= 4 is 33.2 Å². The molecular formula is C18H22ClN3O3S. The zero-order chi connectivity index (χ0) is 19.5. The molecule has 2 rings (SSSR count). The molecule has 0 fully saturated rings. The molecule has 3 N–H and O–H groups in total. The minimum absolute atomic E-state index is 0.0136. The van der Waals surface area contributed by atoms with Gasteiger partial charge in [-0.3, -0.25) is 9.10 Å². The maximum atomic E-state index is 12.9. The largest absolute Gasteiger partial charge is 0.350 e. The van der Waals surface area contributed by atoms with E-state index in [1.807, 2.05) is 0 Å². The number of carbonyl (C=O) groups excluding carboxylic acids is 1. The zero-order valence-electron chi connectivity index (χ0n) is 14.9. The van der Waals surface area contributed by atoms with Crippen LogP contribution in [0.1, 0.15) is 24.2 Å². The van der Waals surface area contributed by atoms with Crippen LogP contribution in [0.3, 0.4) is 0 Å². The molecule has 0 saturated carbocycles. The number of rotatable bonds is 6. The number of carbonyl (C=O) groups is 1. The van der Waals surface area contributed by atoms with Gasteiger partial charge in [0.1, 0.15) is 0 Å². The predicted octanol–water partition coefficient (Wildman–Crippen LogP) is 2.63. The molecule has 2 aromatic rings. The Balaban J connectivity index is 2.29. The molecule has 0 heterocycles. The monoisotopic (exact) mass is 395 g/mol. The van der Waals surface area contributed by atoms with Crippen molar-refractivity contribution in [2.45, 2.75) is 24.3 Å². The van der Waals surface area contributed by atoms with E-state index in [-0.39, 0.29) is 22.9 Å². The lowest BCUT2D eigenvalue weighted by Crippen LogP contribution is -2.45. The van der Waals surface area contributed by atoms with Crippen LogP contribution in [0.2, 0.25) is 5.02 Å². The molecule has 0 spiro atoms. The van der Waals surface area contributed by atoms with E-state index in [9.17, 15) is 13.2 Å². The van der Waals surface area contributed by atoms with Gasteiger partial charge in [0.25, 0.3) is 15.9 Å². The summed E-state index contributed by atoms with van der Waals surface area (Å²) in [7, 11) is -2.40. The second-order valence-corrected chi connectivity index (χ2v) is 9.06. The third-order valence-corrected chi connectivity index (χ3v) is 5.65. The summed E-state index contributed by atoms with van der Waals surface area (Å²) in [6, 6.07) is 12.4. The van der Waals surface area contributed by atoms with Crippen molar-refractivity contribution in [3.63, 3.8) is 0 Å². The quantitative estimate of drug-likeness (QED) is 0.786. The summed E-state index contributed by atoms with van der Waals surface area (Å²) in [5, 5.41) is 3.13. The molecular weight excluding hydrogens is 374 g/mol. The van der Waals surface area contributed by atoms with Crippen molar-refractivity contribution in [2.75, 3.05) is 17.9 Å². The van der Waals surface area contributed by atoms with Crippen molar-refractivity contribution in [3.8, 4) is 0 Å². The van der Waals surface area contributed by atoms with Gasteiger partial charge in [0.05, 0.1) is 10.6 Å². The van der Waals surface area contributed by atoms with Gasteiger partial charge in [-0.25, -0.2) is 8.42 Å². The molecule has 0 radical (unpaired) electrons. The van der Waals surface area contributed by atoms with Gasteiger partial charge in [0, 0.05) is 29.7 Å². The Labute approximate surface area is 159 Å². The summed E-state index contributed by atoms with van der Waals surface area (Å²) >= 11 is 5.94. The molecule has 0 aliphatic rings. The Morgan fingerprint density at radius 2 is 1.85 bits per heavy atom. The van der Waals surface area contributed by atoms with Crippen molar-refractivity contribution in [1.29, 1.82) is 0 Å². The van der Waals surface area contributed by atoms with Crippen molar-refractivity contribution < 1.29 is 13.2 Å². The molecule has 0 saturated heterocycles. The lowest BCUT2D eigenvalue weighted by molar-refractivity contribution is 0.0946. The van der Waals surface area contributed by atoms with Gasteiger partial charge in [-0.15, -0.1) is 0 Å². The van der Waals surface area contributed by atoms with Gasteiger partial charge in [-0.1, -0.05) is 23.7 Å². The molecule has 1 amide bonds. The second-order valence-electron chi connectivity index (χ2n) is 6.65. The van der Waals surface area contributed by atoms with E-state index >= 15 is 0 Å². The van der Waals surface area contributed by atoms with E-state index in [4.69, 9.17) is 17.3 Å². The van der Waals surface area contributed by atoms with E-state index in [0.29, 0.717) is 10.7 Å². The van der Waals surface area contributed by atoms with Gasteiger partial charge in [-0.2, -0.15) is 0 Å². The minimum atomic E-state index is -3.84. The van der Waals surface area contributed by atoms with Crippen LogP contribution >= 0.6 is 11.6 Å². The fourth-order valence-electron chi connectivity index (χ4n) is 2.18. The summed E-state index contributed by atoms with van der Waals surface area (Å²) in [6.07, 6.45) is 0. The molecule has 0 bridgehead atoms. The van der Waals surface area contributed by atoms with Crippen LogP contribution in [-0.4, -0.2) is 33.5 Å². The van der Waals surface area contributed by atoms with Crippen LogP contribution in [0.5, 0.6) is 0 Å². The average Bonchev–Trinajstić information content (AvgIpc) is 2.58. The maximum absolute atomic E-state index is 12.9. The average molecular weight is 396 g/mol. The third kappa shape index (κ3) is 4.97. The SMILES string of the molecule is CN(c1cccc(Cl)c1)S(=O)(=O)c1cccc(C(=O)NCC(C)(C)N)c1. The smallest absolute Gasteiger partial charge is 0.264 e. The van der Waals surface area contributed by atoms with Crippen LogP contribution in [-0.2, 0) is 10.0 Å². The van der Waals surface area contributed by atoms with Gasteiger partial charge in [0.15, 0.2) is 0 Å². The minimum Gasteiger partial charge on any atom is -0.350 e. The van der Waals surface area contributed by atoms with E-state index in [1.54, 1.807) is 44.2 Å². The lowest BCUT2D eigenvalue weighted by Gasteiger charge is -2.21. The number of benzene rings is 2. The number of halogens is 1. The molecule has 140 valence electrons. The van der Waals surface area contributed by atoms with Crippen molar-refractivity contribution in [2.24, 2.45) is 5.73 Å². The number of amides is 1. The Bertz CT molecular complexity index is 908. The number of sulfonamides is 1. The van der Waals surface area contributed by atoms with E-state index in [1.165, 1.54) is 25.2 Å². The summed E-state index contributed by atoms with van der Waals surface area (Å²) in [4.78, 5) is 12.3. The van der Waals surface area contributed by atoms with Gasteiger partial charge in [0.2, 0.25) is 0 Å². The Morgan fingerprint density at radius 1 is 1.19 bits per heavy atom. The highest BCUT2D eigenvalue weighted by Crippen LogP contribution is 2.25. The Kier molecular flexibility index (Phi) is 5.95. The predicted molar refractivity (Wildman–Crippen MR) is 104 cm³/mol. The first kappa shape index (κ1) is 20.2. The van der Waals surface area contributed by atoms with Crippen LogP contribution < -0.4 is 15.4 Å². The Morgan fingerprint density at radius 3 is 2.46 bits per heavy atom. The molecule has 2 aromatic carbocycles. The highest BCUT2D eigenvalue weighted by Gasteiger charge is 2.23. The topological polar surface area (TPSA) is 92.5 Å². The summed E-state index contributed by atoms with van der Waals surface area (Å²) in [5.74, 6) is -0.383. The summed E-state index contributed by atoms with van der Waals surface area (Å²) < 4.78 is 26.9. The highest BCUT2D eigenvalue weighted by molar-refractivity contribution is 7.92. The highest BCUT2D eigenvalue weighted by atomic mass is 35.5. The first-order valence-corrected chi connectivity index (χ1v) is 9.74. The fourth-order valence-corrected chi connectivity index (χ4v) is 3.60. The molecule has 0 atom stereocenters. The second kappa shape index (κ2) is 7.65. The molecule has 0 aliphatic carbocycles. The summed E-state index contributed by atoms with van der Waals surface area (Å²) in [5.41, 5.74) is 5.96. The van der Waals surface area contributed by atoms with Gasteiger partial charge >= 0.3 is 0 Å². The van der Waals surface area contributed by atoms with Gasteiger partial charge in [-0.05, 0) is 50.2 Å². The molecule has 6 nitrogen and oxygen atoms in total. The van der Waals surface area contributed by atoms with Gasteiger partial charge < -0.3 is 11.1 Å². The summed E-state index contributed by atoms with van der Waals surface area (Å²) in [6.45, 7) is 3.84. The van der Waals surface area contributed by atoms with Crippen LogP contribution in [0, 0.1) is 0 Å². The lowest BCUT2D eigenvalue weighted by atomic mass is 10.1. The number of nitrogens with two attached hydrogens (primary N) is 1. The van der Waals surface area contributed by atoms with E-state index in [2.05, 4.69) is 5.32 Å². The molecule has 0 unspecified atom stereocenters. The van der Waals surface area contributed by atoms with Crippen molar-refractivity contribution in [3.05, 3.63) is 59.1 Å². The first-order chi connectivity index (χ1) is 12.0. The fraction of sp³-hybridized carbons (Fsp3) is 0.278. The van der Waals surface area contributed by atoms with Crippen LogP contribution in [0.25, 0.3) is 0 Å². The number of nitrogens with one attached hydrogen (secondary N) is 1. The molecule has 26 heavy (non-hydrogen) atoms. The number of hydrogen-bond acceptors (Lipinski definition) is 4. The number of nitrogens with zero attached hydrogens (tertiary/aromatic N) is 1. The molecule has 0 aliphatic heterocycles. The number of hydrogen-bond donors (Lipinski definition) is 2. The van der Waals surface area contributed by atoms with Crippen LogP contribution in [0.15, 0.2) is 53.4 Å². The Hall–Kier alpha value is -2.09. The third-order valence-electron chi connectivity index (χ3n) is 3.63. The maximum Gasteiger partial charge on any atom is 0.264 e. The van der Waals surface area contributed by atoms with E-state index < -0.39 is 15.6 Å². The molecule has 8 heteroatoms. The normalized spacial score (nSPS) is 11.9. The van der Waals surface area contributed by atoms with Crippen LogP contribution in [0.4, 0.5) is 5.69 Å². The molecule has 0 aromatic heterocycles. The van der Waals surface area contributed by atoms with Crippen molar-refractivity contribution in [1.82, 2.24) is 5.32 Å². The standard InChI is InChI=1S/C18H22ClN3O3S/c1-18(2,20)12-21-17(23)13-6-4-9-16(10-13)26(24,25)22(3)15-8-5-7-14(19)11-15/h4-11H,12,20H2,1-3H3,(H,21,23). The first-order valence-electron chi connectivity index (χ1n) is 7.92. The van der Waals surface area contributed by atoms with E-state index in [0.717, 1.165) is 4.31 Å². The number of anilines is 1.